The molecule has 0 aromatic heterocycles. The topological polar surface area (TPSA) is 64.3 Å². The van der Waals surface area contributed by atoms with Gasteiger partial charge in [-0.1, -0.05) is 6.07 Å². The second-order valence-electron chi connectivity index (χ2n) is 4.93. The fourth-order valence-corrected chi connectivity index (χ4v) is 2.21. The number of rotatable bonds is 3. The van der Waals surface area contributed by atoms with Crippen LogP contribution in [0.2, 0.25) is 0 Å². The summed E-state index contributed by atoms with van der Waals surface area (Å²) in [4.78, 5) is 11.8. The van der Waals surface area contributed by atoms with Crippen molar-refractivity contribution in [2.75, 3.05) is 6.54 Å². The van der Waals surface area contributed by atoms with Crippen LogP contribution in [0.4, 0.5) is 13.2 Å². The van der Waals surface area contributed by atoms with Gasteiger partial charge in [0.1, 0.15) is 5.75 Å². The first kappa shape index (κ1) is 15.6. The van der Waals surface area contributed by atoms with Crippen molar-refractivity contribution in [3.8, 4) is 5.75 Å². The number of amides is 1. The lowest BCUT2D eigenvalue weighted by molar-refractivity contribution is -0.141. The quantitative estimate of drug-likeness (QED) is 0.900. The zero-order valence-corrected chi connectivity index (χ0v) is 11.4. The van der Waals surface area contributed by atoms with Crippen molar-refractivity contribution < 1.29 is 22.7 Å². The molecule has 0 bridgehead atoms. The van der Waals surface area contributed by atoms with E-state index in [4.69, 9.17) is 10.5 Å². The van der Waals surface area contributed by atoms with E-state index in [1.165, 1.54) is 12.1 Å². The number of nitrogens with two attached hydrogens (primary N) is 1. The van der Waals surface area contributed by atoms with E-state index in [0.717, 1.165) is 18.9 Å². The highest BCUT2D eigenvalue weighted by atomic mass is 19.4. The molecular formula is C14H17F3N2O2. The summed E-state index contributed by atoms with van der Waals surface area (Å²) >= 11 is 0. The zero-order valence-electron chi connectivity index (χ0n) is 11.4. The highest BCUT2D eigenvalue weighted by Gasteiger charge is 2.36. The summed E-state index contributed by atoms with van der Waals surface area (Å²) in [5.74, 6) is -0.703. The van der Waals surface area contributed by atoms with Crippen molar-refractivity contribution in [3.63, 3.8) is 0 Å². The molecule has 3 N–H and O–H groups in total. The molecule has 1 atom stereocenters. The van der Waals surface area contributed by atoms with Gasteiger partial charge in [0.05, 0.1) is 5.56 Å². The van der Waals surface area contributed by atoms with Crippen LogP contribution >= 0.6 is 0 Å². The van der Waals surface area contributed by atoms with Crippen LogP contribution in [0.15, 0.2) is 18.2 Å². The molecule has 1 saturated heterocycles. The second kappa shape index (κ2) is 6.34. The molecule has 2 rings (SSSR count). The first-order valence-corrected chi connectivity index (χ1v) is 6.76. The van der Waals surface area contributed by atoms with Crippen LogP contribution in [0.1, 0.15) is 30.4 Å². The molecule has 0 radical (unpaired) electrons. The Morgan fingerprint density at radius 1 is 1.33 bits per heavy atom. The highest BCUT2D eigenvalue weighted by Crippen LogP contribution is 2.37. The molecule has 0 saturated carbocycles. The monoisotopic (exact) mass is 302 g/mol. The van der Waals surface area contributed by atoms with Gasteiger partial charge in [0.2, 0.25) is 0 Å². The third kappa shape index (κ3) is 3.87. The Bertz CT molecular complexity index is 517. The molecule has 21 heavy (non-hydrogen) atoms. The SMILES string of the molecule is NCc1ccc(OC2CCCCNC2=O)c(C(F)(F)F)c1. The van der Waals surface area contributed by atoms with Gasteiger partial charge in [0, 0.05) is 13.1 Å². The van der Waals surface area contributed by atoms with Crippen LogP contribution in [0.3, 0.4) is 0 Å². The molecule has 0 spiro atoms. The van der Waals surface area contributed by atoms with Gasteiger partial charge in [0.25, 0.3) is 5.91 Å². The molecular weight excluding hydrogens is 285 g/mol. The number of ether oxygens (including phenoxy) is 1. The van der Waals surface area contributed by atoms with Crippen LogP contribution in [-0.2, 0) is 17.5 Å². The van der Waals surface area contributed by atoms with E-state index in [2.05, 4.69) is 5.32 Å². The van der Waals surface area contributed by atoms with Gasteiger partial charge in [-0.25, -0.2) is 0 Å². The zero-order chi connectivity index (χ0) is 15.5. The third-order valence-corrected chi connectivity index (χ3v) is 3.34. The van der Waals surface area contributed by atoms with E-state index in [0.29, 0.717) is 18.5 Å². The highest BCUT2D eigenvalue weighted by molar-refractivity contribution is 5.81. The normalized spacial score (nSPS) is 19.8. The number of nitrogens with one attached hydrogen (secondary N) is 1. The van der Waals surface area contributed by atoms with Crippen molar-refractivity contribution in [2.24, 2.45) is 5.73 Å². The second-order valence-corrected chi connectivity index (χ2v) is 4.93. The maximum Gasteiger partial charge on any atom is 0.419 e. The minimum absolute atomic E-state index is 0.00722. The molecule has 1 fully saturated rings. The molecule has 7 heteroatoms. The van der Waals surface area contributed by atoms with Crippen LogP contribution in [0, 0.1) is 0 Å². The van der Waals surface area contributed by atoms with E-state index >= 15 is 0 Å². The molecule has 1 unspecified atom stereocenters. The van der Waals surface area contributed by atoms with Crippen molar-refractivity contribution in [1.82, 2.24) is 5.32 Å². The molecule has 1 aromatic rings. The number of hydrogen-bond acceptors (Lipinski definition) is 3. The van der Waals surface area contributed by atoms with E-state index in [1.54, 1.807) is 0 Å². The van der Waals surface area contributed by atoms with Gasteiger partial charge in [-0.2, -0.15) is 13.2 Å². The molecule has 1 aromatic carbocycles. The Balaban J connectivity index is 2.28. The lowest BCUT2D eigenvalue weighted by Crippen LogP contribution is -2.36. The fraction of sp³-hybridized carbons (Fsp3) is 0.500. The lowest BCUT2D eigenvalue weighted by atomic mass is 10.1. The minimum atomic E-state index is -4.55. The summed E-state index contributed by atoms with van der Waals surface area (Å²) in [5.41, 5.74) is 4.83. The van der Waals surface area contributed by atoms with Crippen molar-refractivity contribution in [1.29, 1.82) is 0 Å². The number of hydrogen-bond donors (Lipinski definition) is 2. The van der Waals surface area contributed by atoms with Crippen molar-refractivity contribution in [3.05, 3.63) is 29.3 Å². The molecule has 1 aliphatic heterocycles. The van der Waals surface area contributed by atoms with Gasteiger partial charge in [-0.05, 0) is 37.0 Å². The molecule has 116 valence electrons. The van der Waals surface area contributed by atoms with Crippen LogP contribution < -0.4 is 15.8 Å². The smallest absolute Gasteiger partial charge is 0.419 e. The van der Waals surface area contributed by atoms with E-state index in [9.17, 15) is 18.0 Å². The number of carbonyl (C=O) groups excluding carboxylic acids is 1. The number of benzene rings is 1. The number of carbonyl (C=O) groups is 1. The standard InChI is InChI=1S/C14H17F3N2O2/c15-14(16,17)10-7-9(8-18)4-5-11(10)21-12-3-1-2-6-19-13(12)20/h4-5,7,12H,1-3,6,8,18H2,(H,19,20). The molecule has 1 aliphatic rings. The average Bonchev–Trinajstić information content (AvgIpc) is 2.63. The minimum Gasteiger partial charge on any atom is -0.480 e. The molecule has 1 heterocycles. The van der Waals surface area contributed by atoms with Crippen LogP contribution in [0.5, 0.6) is 5.75 Å². The summed E-state index contributed by atoms with van der Waals surface area (Å²) in [7, 11) is 0. The molecule has 1 amide bonds. The Morgan fingerprint density at radius 3 is 2.76 bits per heavy atom. The predicted molar refractivity (Wildman–Crippen MR) is 70.6 cm³/mol. The number of halogens is 3. The fourth-order valence-electron chi connectivity index (χ4n) is 2.21. The summed E-state index contributed by atoms with van der Waals surface area (Å²) in [6.45, 7) is 0.532. The first-order valence-electron chi connectivity index (χ1n) is 6.76. The maximum atomic E-state index is 13.1. The predicted octanol–water partition coefficient (Wildman–Crippen LogP) is 2.21. The summed E-state index contributed by atoms with van der Waals surface area (Å²) in [6, 6.07) is 3.66. The summed E-state index contributed by atoms with van der Waals surface area (Å²) in [5, 5.41) is 2.63. The van der Waals surface area contributed by atoms with E-state index in [1.807, 2.05) is 0 Å². The van der Waals surface area contributed by atoms with Gasteiger partial charge >= 0.3 is 6.18 Å². The molecule has 0 aliphatic carbocycles. The molecule has 4 nitrogen and oxygen atoms in total. The Kier molecular flexibility index (Phi) is 4.72. The lowest BCUT2D eigenvalue weighted by Gasteiger charge is -2.20. The number of alkyl halides is 3. The summed E-state index contributed by atoms with van der Waals surface area (Å²) in [6.07, 6.45) is -3.52. The summed E-state index contributed by atoms with van der Waals surface area (Å²) < 4.78 is 44.6. The third-order valence-electron chi connectivity index (χ3n) is 3.34. The maximum absolute atomic E-state index is 13.1. The largest absolute Gasteiger partial charge is 0.480 e. The average molecular weight is 302 g/mol. The van der Waals surface area contributed by atoms with Gasteiger partial charge < -0.3 is 15.8 Å². The van der Waals surface area contributed by atoms with Crippen molar-refractivity contribution in [2.45, 2.75) is 38.1 Å². The Hall–Kier alpha value is -1.76. The van der Waals surface area contributed by atoms with E-state index < -0.39 is 17.8 Å². The first-order chi connectivity index (χ1) is 9.91. The van der Waals surface area contributed by atoms with Gasteiger partial charge in [-0.15, -0.1) is 0 Å². The van der Waals surface area contributed by atoms with Gasteiger partial charge in [-0.3, -0.25) is 4.79 Å². The van der Waals surface area contributed by atoms with Gasteiger partial charge in [0.15, 0.2) is 6.10 Å². The van der Waals surface area contributed by atoms with Crippen LogP contribution in [0.25, 0.3) is 0 Å². The Labute approximate surface area is 120 Å². The van der Waals surface area contributed by atoms with Crippen LogP contribution in [-0.4, -0.2) is 18.6 Å². The Morgan fingerprint density at radius 2 is 2.10 bits per heavy atom. The van der Waals surface area contributed by atoms with Crippen molar-refractivity contribution >= 4 is 5.91 Å². The van der Waals surface area contributed by atoms with E-state index in [-0.39, 0.29) is 18.2 Å².